The third-order valence-corrected chi connectivity index (χ3v) is 7.20. The number of methoxy groups -OCH3 is 1. The topological polar surface area (TPSA) is 99.8 Å². The van der Waals surface area contributed by atoms with Crippen LogP contribution in [-0.2, 0) is 21.4 Å². The summed E-state index contributed by atoms with van der Waals surface area (Å²) in [5, 5.41) is 6.30. The Kier molecular flexibility index (Phi) is 5.68. The van der Waals surface area contributed by atoms with Crippen LogP contribution in [0, 0.1) is 0 Å². The Bertz CT molecular complexity index is 1020. The molecule has 4 rings (SSSR count). The smallest absolute Gasteiger partial charge is 0.244 e. The van der Waals surface area contributed by atoms with Crippen molar-refractivity contribution >= 4 is 21.6 Å². The van der Waals surface area contributed by atoms with E-state index in [2.05, 4.69) is 15.4 Å². The highest BCUT2D eigenvalue weighted by Crippen LogP contribution is 2.34. The molecule has 8 nitrogen and oxygen atoms in total. The maximum absolute atomic E-state index is 12.6. The molecule has 0 atom stereocenters. The maximum Gasteiger partial charge on any atom is 0.244 e. The van der Waals surface area contributed by atoms with Crippen molar-refractivity contribution in [3.63, 3.8) is 0 Å². The van der Waals surface area contributed by atoms with E-state index in [1.54, 1.807) is 25.3 Å². The van der Waals surface area contributed by atoms with Crippen LogP contribution >= 0.6 is 0 Å². The van der Waals surface area contributed by atoms with Crippen LogP contribution in [0.4, 0.5) is 5.69 Å². The lowest BCUT2D eigenvalue weighted by Gasteiger charge is -2.45. The molecule has 2 aromatic carbocycles. The van der Waals surface area contributed by atoms with Gasteiger partial charge in [0.05, 0.1) is 19.3 Å². The number of anilines is 1. The minimum absolute atomic E-state index is 0.0516. The minimum Gasteiger partial charge on any atom is -0.497 e. The van der Waals surface area contributed by atoms with E-state index >= 15 is 0 Å². The number of fused-ring (bicyclic) bond motifs is 1. The lowest BCUT2D eigenvalue weighted by atomic mass is 9.97. The Labute approximate surface area is 176 Å². The molecule has 1 saturated heterocycles. The van der Waals surface area contributed by atoms with Crippen molar-refractivity contribution in [2.24, 2.45) is 0 Å². The van der Waals surface area contributed by atoms with Gasteiger partial charge < -0.3 is 15.4 Å². The summed E-state index contributed by atoms with van der Waals surface area (Å²) in [6, 6.07) is 14.5. The van der Waals surface area contributed by atoms with Crippen LogP contribution in [0.15, 0.2) is 53.4 Å². The fraction of sp³-hybridized carbons (Fsp3) is 0.381. The number of likely N-dealkylation sites (tertiary alicyclic amines) is 1. The number of piperidine rings is 1. The van der Waals surface area contributed by atoms with Crippen molar-refractivity contribution in [3.05, 3.63) is 54.1 Å². The molecule has 0 unspecified atom stereocenters. The number of para-hydroxylation sites is 1. The summed E-state index contributed by atoms with van der Waals surface area (Å²) in [6.07, 6.45) is 1.15. The Morgan fingerprint density at radius 3 is 2.53 bits per heavy atom. The monoisotopic (exact) mass is 430 g/mol. The molecule has 2 aliphatic heterocycles. The molecule has 0 saturated carbocycles. The molecular formula is C21H26N4O4S. The lowest BCUT2D eigenvalue weighted by molar-refractivity contribution is -0.122. The Hall–Kier alpha value is -2.62. The summed E-state index contributed by atoms with van der Waals surface area (Å²) in [6.45, 7) is 1.98. The summed E-state index contributed by atoms with van der Waals surface area (Å²) in [4.78, 5) is 14.7. The predicted octanol–water partition coefficient (Wildman–Crippen LogP) is 1.51. The first-order chi connectivity index (χ1) is 14.4. The second-order valence-corrected chi connectivity index (χ2v) is 9.36. The van der Waals surface area contributed by atoms with Crippen molar-refractivity contribution in [1.29, 1.82) is 0 Å². The molecule has 0 aliphatic carbocycles. The van der Waals surface area contributed by atoms with Gasteiger partial charge in [-0.25, -0.2) is 8.42 Å². The normalized spacial score (nSPS) is 19.5. The molecule has 2 heterocycles. The highest BCUT2D eigenvalue weighted by molar-refractivity contribution is 7.89. The molecule has 0 radical (unpaired) electrons. The van der Waals surface area contributed by atoms with Gasteiger partial charge >= 0.3 is 0 Å². The van der Waals surface area contributed by atoms with E-state index in [0.29, 0.717) is 38.2 Å². The lowest BCUT2D eigenvalue weighted by Crippen LogP contribution is -2.62. The molecule has 1 spiro atoms. The molecule has 9 heteroatoms. The molecule has 30 heavy (non-hydrogen) atoms. The highest BCUT2D eigenvalue weighted by Gasteiger charge is 2.43. The van der Waals surface area contributed by atoms with E-state index in [0.717, 1.165) is 11.3 Å². The maximum atomic E-state index is 12.6. The third-order valence-electron chi connectivity index (χ3n) is 5.61. The number of nitrogens with zero attached hydrogens (tertiary/aromatic N) is 1. The molecule has 1 amide bonds. The number of carbonyl (C=O) groups excluding carboxylic acids is 1. The molecular weight excluding hydrogens is 404 g/mol. The van der Waals surface area contributed by atoms with Gasteiger partial charge in [-0.1, -0.05) is 24.3 Å². The summed E-state index contributed by atoms with van der Waals surface area (Å²) >= 11 is 0. The zero-order chi connectivity index (χ0) is 21.2. The molecule has 1 fully saturated rings. The van der Waals surface area contributed by atoms with Gasteiger partial charge in [-0.05, 0) is 42.7 Å². The van der Waals surface area contributed by atoms with Crippen molar-refractivity contribution in [2.75, 3.05) is 32.1 Å². The second-order valence-electron chi connectivity index (χ2n) is 7.71. The number of rotatable bonds is 5. The standard InChI is InChI=1S/C21H26N4O4S/c1-29-17-8-6-16(7-9-17)14-22-20(26)15-25-12-10-21(11-13-25)23-18-4-2-3-5-19(18)30(27,28)24-21/h2-9,23-24H,10-15H2,1H3,(H,22,26). The largest absolute Gasteiger partial charge is 0.497 e. The Morgan fingerprint density at radius 2 is 1.83 bits per heavy atom. The third kappa shape index (κ3) is 4.43. The van der Waals surface area contributed by atoms with E-state index in [-0.39, 0.29) is 17.3 Å². The van der Waals surface area contributed by atoms with Gasteiger partial charge in [-0.3, -0.25) is 9.69 Å². The van der Waals surface area contributed by atoms with Crippen LogP contribution in [-0.4, -0.2) is 51.6 Å². The van der Waals surface area contributed by atoms with Crippen LogP contribution < -0.4 is 20.1 Å². The first kappa shape index (κ1) is 20.6. The van der Waals surface area contributed by atoms with Gasteiger partial charge in [-0.2, -0.15) is 4.72 Å². The van der Waals surface area contributed by atoms with Crippen LogP contribution in [0.2, 0.25) is 0 Å². The number of carbonyl (C=O) groups is 1. The molecule has 160 valence electrons. The number of hydrogen-bond acceptors (Lipinski definition) is 6. The van der Waals surface area contributed by atoms with Crippen LogP contribution in [0.5, 0.6) is 5.75 Å². The molecule has 3 N–H and O–H groups in total. The summed E-state index contributed by atoms with van der Waals surface area (Å²) in [7, 11) is -1.94. The van der Waals surface area contributed by atoms with Gasteiger partial charge in [-0.15, -0.1) is 0 Å². The van der Waals surface area contributed by atoms with Gasteiger partial charge in [0.25, 0.3) is 0 Å². The van der Waals surface area contributed by atoms with Gasteiger partial charge in [0, 0.05) is 19.6 Å². The zero-order valence-electron chi connectivity index (χ0n) is 16.8. The first-order valence-corrected chi connectivity index (χ1v) is 11.4. The average Bonchev–Trinajstić information content (AvgIpc) is 2.74. The quantitative estimate of drug-likeness (QED) is 0.665. The number of nitrogens with one attached hydrogen (secondary N) is 3. The van der Waals surface area contributed by atoms with E-state index < -0.39 is 15.7 Å². The van der Waals surface area contributed by atoms with Crippen LogP contribution in [0.1, 0.15) is 18.4 Å². The van der Waals surface area contributed by atoms with Crippen molar-refractivity contribution < 1.29 is 17.9 Å². The fourth-order valence-electron chi connectivity index (χ4n) is 3.92. The van der Waals surface area contributed by atoms with E-state index in [1.807, 2.05) is 35.2 Å². The van der Waals surface area contributed by atoms with E-state index in [4.69, 9.17) is 4.74 Å². The molecule has 2 aliphatic rings. The minimum atomic E-state index is -3.55. The summed E-state index contributed by atoms with van der Waals surface area (Å²) in [5.41, 5.74) is 0.923. The fourth-order valence-corrected chi connectivity index (χ4v) is 5.47. The SMILES string of the molecule is COc1ccc(CNC(=O)CN2CCC3(CC2)Nc2ccccc2S(=O)(=O)N3)cc1. The molecule has 0 aromatic heterocycles. The predicted molar refractivity (Wildman–Crippen MR) is 114 cm³/mol. The highest BCUT2D eigenvalue weighted by atomic mass is 32.2. The zero-order valence-corrected chi connectivity index (χ0v) is 17.7. The second kappa shape index (κ2) is 8.25. The van der Waals surface area contributed by atoms with Crippen molar-refractivity contribution in [3.8, 4) is 5.75 Å². The Morgan fingerprint density at radius 1 is 1.13 bits per heavy atom. The molecule has 2 aromatic rings. The first-order valence-electron chi connectivity index (χ1n) is 9.92. The number of ether oxygens (including phenoxy) is 1. The summed E-state index contributed by atoms with van der Waals surface area (Å²) in [5.74, 6) is 0.728. The number of sulfonamides is 1. The average molecular weight is 431 g/mol. The Balaban J connectivity index is 1.30. The van der Waals surface area contributed by atoms with E-state index in [1.165, 1.54) is 0 Å². The number of benzene rings is 2. The molecule has 0 bridgehead atoms. The van der Waals surface area contributed by atoms with Crippen molar-refractivity contribution in [2.45, 2.75) is 29.9 Å². The van der Waals surface area contributed by atoms with Gasteiger partial charge in [0.1, 0.15) is 16.3 Å². The van der Waals surface area contributed by atoms with Crippen molar-refractivity contribution in [1.82, 2.24) is 14.9 Å². The van der Waals surface area contributed by atoms with Gasteiger partial charge in [0.15, 0.2) is 0 Å². The van der Waals surface area contributed by atoms with Gasteiger partial charge in [0.2, 0.25) is 15.9 Å². The summed E-state index contributed by atoms with van der Waals surface area (Å²) < 4.78 is 33.2. The van der Waals surface area contributed by atoms with Crippen LogP contribution in [0.25, 0.3) is 0 Å². The number of amides is 1. The van der Waals surface area contributed by atoms with E-state index in [9.17, 15) is 13.2 Å². The number of hydrogen-bond donors (Lipinski definition) is 3. The van der Waals surface area contributed by atoms with Crippen LogP contribution in [0.3, 0.4) is 0 Å².